The Bertz CT molecular complexity index is 512. The van der Waals surface area contributed by atoms with Gasteiger partial charge in [0.1, 0.15) is 4.21 Å². The van der Waals surface area contributed by atoms with Crippen molar-refractivity contribution >= 4 is 33.0 Å². The molecule has 1 saturated heterocycles. The van der Waals surface area contributed by atoms with Crippen LogP contribution in [0.15, 0.2) is 16.3 Å². The van der Waals surface area contributed by atoms with Crippen molar-refractivity contribution in [3.63, 3.8) is 0 Å². The molecule has 2 heterocycles. The lowest BCUT2D eigenvalue weighted by Crippen LogP contribution is -2.42. The molecule has 4 nitrogen and oxygen atoms in total. The van der Waals surface area contributed by atoms with Gasteiger partial charge in [0.05, 0.1) is 10.4 Å². The molecule has 0 amide bonds. The van der Waals surface area contributed by atoms with Crippen molar-refractivity contribution in [3.05, 3.63) is 16.5 Å². The summed E-state index contributed by atoms with van der Waals surface area (Å²) in [6, 6.07) is 3.13. The topological polar surface area (TPSA) is 57.6 Å². The summed E-state index contributed by atoms with van der Waals surface area (Å²) in [4.78, 5) is 0. The fourth-order valence-electron chi connectivity index (χ4n) is 2.15. The molecule has 2 unspecified atom stereocenters. The Kier molecular flexibility index (Phi) is 4.33. The molecule has 1 fully saturated rings. The number of aliphatic hydroxyl groups is 1. The van der Waals surface area contributed by atoms with Crippen molar-refractivity contribution in [2.24, 2.45) is 5.92 Å². The lowest BCUT2D eigenvalue weighted by molar-refractivity contribution is 0.0886. The first-order chi connectivity index (χ1) is 8.41. The maximum atomic E-state index is 12.4. The zero-order chi connectivity index (χ0) is 13.3. The van der Waals surface area contributed by atoms with Crippen LogP contribution in [0, 0.1) is 5.92 Å². The van der Waals surface area contributed by atoms with Crippen molar-refractivity contribution in [1.82, 2.24) is 4.31 Å². The summed E-state index contributed by atoms with van der Waals surface area (Å²) in [7, 11) is -3.45. The average Bonchev–Trinajstić information content (AvgIpc) is 2.77. The predicted molar refractivity (Wildman–Crippen MR) is 72.5 cm³/mol. The van der Waals surface area contributed by atoms with Crippen LogP contribution in [0.2, 0.25) is 4.34 Å². The fraction of sp³-hybridized carbons (Fsp3) is 0.636. The van der Waals surface area contributed by atoms with Crippen LogP contribution in [0.4, 0.5) is 0 Å². The van der Waals surface area contributed by atoms with Gasteiger partial charge in [-0.3, -0.25) is 0 Å². The second kappa shape index (κ2) is 5.46. The minimum Gasteiger partial charge on any atom is -0.393 e. The molecule has 1 N–H and O–H groups in total. The number of halogens is 1. The second-order valence-electron chi connectivity index (χ2n) is 4.56. The summed E-state index contributed by atoms with van der Waals surface area (Å²) in [6.07, 6.45) is 1.18. The van der Waals surface area contributed by atoms with Crippen LogP contribution >= 0.6 is 22.9 Å². The SMILES string of the molecule is CC(O)C1CCCN(S(=O)(=O)c2ccc(Cl)s2)C1. The van der Waals surface area contributed by atoms with Gasteiger partial charge in [-0.25, -0.2) is 8.42 Å². The minimum absolute atomic E-state index is 0.0176. The lowest BCUT2D eigenvalue weighted by Gasteiger charge is -2.32. The molecule has 1 aromatic heterocycles. The number of aliphatic hydroxyl groups excluding tert-OH is 1. The van der Waals surface area contributed by atoms with Gasteiger partial charge in [-0.2, -0.15) is 4.31 Å². The van der Waals surface area contributed by atoms with Crippen LogP contribution in [0.25, 0.3) is 0 Å². The molecule has 0 aromatic carbocycles. The predicted octanol–water partition coefficient (Wildman–Crippen LogP) is 2.18. The molecule has 1 aliphatic rings. The summed E-state index contributed by atoms with van der Waals surface area (Å²) >= 11 is 6.85. The molecule has 2 rings (SSSR count). The molecule has 0 spiro atoms. The number of sulfonamides is 1. The maximum absolute atomic E-state index is 12.4. The number of piperidine rings is 1. The monoisotopic (exact) mass is 309 g/mol. The molecule has 102 valence electrons. The average molecular weight is 310 g/mol. The summed E-state index contributed by atoms with van der Waals surface area (Å²) in [5, 5.41) is 9.60. The summed E-state index contributed by atoms with van der Waals surface area (Å²) in [5.74, 6) is 0.0176. The van der Waals surface area contributed by atoms with Gasteiger partial charge < -0.3 is 5.11 Å². The third-order valence-electron chi connectivity index (χ3n) is 3.25. The van der Waals surface area contributed by atoms with Crippen LogP contribution in [-0.4, -0.2) is 37.0 Å². The largest absolute Gasteiger partial charge is 0.393 e. The highest BCUT2D eigenvalue weighted by molar-refractivity contribution is 7.91. The number of thiophene rings is 1. The lowest BCUT2D eigenvalue weighted by atomic mass is 9.95. The third-order valence-corrected chi connectivity index (χ3v) is 6.81. The highest BCUT2D eigenvalue weighted by Gasteiger charge is 2.32. The Morgan fingerprint density at radius 1 is 1.56 bits per heavy atom. The van der Waals surface area contributed by atoms with Gasteiger partial charge in [-0.15, -0.1) is 11.3 Å². The molecule has 0 radical (unpaired) electrons. The number of nitrogens with zero attached hydrogens (tertiary/aromatic N) is 1. The Hall–Kier alpha value is -0.140. The number of hydrogen-bond donors (Lipinski definition) is 1. The van der Waals surface area contributed by atoms with E-state index in [9.17, 15) is 13.5 Å². The molecule has 0 bridgehead atoms. The van der Waals surface area contributed by atoms with Crippen molar-refractivity contribution in [2.45, 2.75) is 30.1 Å². The van der Waals surface area contributed by atoms with Gasteiger partial charge in [-0.1, -0.05) is 11.6 Å². The quantitative estimate of drug-likeness (QED) is 0.931. The first-order valence-corrected chi connectivity index (χ1v) is 8.48. The van der Waals surface area contributed by atoms with Crippen LogP contribution in [0.1, 0.15) is 19.8 Å². The van der Waals surface area contributed by atoms with Gasteiger partial charge in [-0.05, 0) is 37.8 Å². The van der Waals surface area contributed by atoms with Crippen LogP contribution in [0.3, 0.4) is 0 Å². The van der Waals surface area contributed by atoms with Crippen molar-refractivity contribution in [2.75, 3.05) is 13.1 Å². The van der Waals surface area contributed by atoms with E-state index in [4.69, 9.17) is 11.6 Å². The van der Waals surface area contributed by atoms with Gasteiger partial charge in [0, 0.05) is 13.1 Å². The van der Waals surface area contributed by atoms with Crippen LogP contribution in [-0.2, 0) is 10.0 Å². The Morgan fingerprint density at radius 3 is 2.83 bits per heavy atom. The summed E-state index contributed by atoms with van der Waals surface area (Å²) < 4.78 is 26.9. The van der Waals surface area contributed by atoms with E-state index in [1.54, 1.807) is 13.0 Å². The molecule has 0 saturated carbocycles. The van der Waals surface area contributed by atoms with Crippen molar-refractivity contribution < 1.29 is 13.5 Å². The van der Waals surface area contributed by atoms with Crippen molar-refractivity contribution in [1.29, 1.82) is 0 Å². The molecular formula is C11H16ClNO3S2. The Labute approximate surface area is 116 Å². The van der Waals surface area contributed by atoms with Crippen LogP contribution in [0.5, 0.6) is 0 Å². The van der Waals surface area contributed by atoms with Crippen molar-refractivity contribution in [3.8, 4) is 0 Å². The highest BCUT2D eigenvalue weighted by atomic mass is 35.5. The molecule has 7 heteroatoms. The normalized spacial score (nSPS) is 24.1. The maximum Gasteiger partial charge on any atom is 0.252 e. The zero-order valence-electron chi connectivity index (χ0n) is 10.0. The van der Waals surface area contributed by atoms with E-state index in [2.05, 4.69) is 0 Å². The molecule has 1 aliphatic heterocycles. The van der Waals surface area contributed by atoms with E-state index in [1.807, 2.05) is 0 Å². The van der Waals surface area contributed by atoms with E-state index in [1.165, 1.54) is 10.4 Å². The molecular weight excluding hydrogens is 294 g/mol. The zero-order valence-corrected chi connectivity index (χ0v) is 12.4. The standard InChI is InChI=1S/C11H16ClNO3S2/c1-8(14)9-3-2-6-13(7-9)18(15,16)11-5-4-10(12)17-11/h4-5,8-9,14H,2-3,6-7H2,1H3. The van der Waals surface area contributed by atoms with Crippen LogP contribution < -0.4 is 0 Å². The van der Waals surface area contributed by atoms with Gasteiger partial charge in [0.25, 0.3) is 10.0 Å². The molecule has 2 atom stereocenters. The summed E-state index contributed by atoms with van der Waals surface area (Å²) in [6.45, 7) is 2.61. The Balaban J connectivity index is 2.20. The van der Waals surface area contributed by atoms with Gasteiger partial charge >= 0.3 is 0 Å². The van der Waals surface area contributed by atoms with E-state index < -0.39 is 16.1 Å². The second-order valence-corrected chi connectivity index (χ2v) is 8.44. The van der Waals surface area contributed by atoms with Gasteiger partial charge in [0.15, 0.2) is 0 Å². The third kappa shape index (κ3) is 2.88. The van der Waals surface area contributed by atoms with E-state index >= 15 is 0 Å². The first kappa shape index (κ1) is 14.3. The van der Waals surface area contributed by atoms with E-state index in [0.717, 1.165) is 24.2 Å². The number of hydrogen-bond acceptors (Lipinski definition) is 4. The smallest absolute Gasteiger partial charge is 0.252 e. The fourth-order valence-corrected chi connectivity index (χ4v) is 5.32. The highest BCUT2D eigenvalue weighted by Crippen LogP contribution is 2.31. The molecule has 18 heavy (non-hydrogen) atoms. The van der Waals surface area contributed by atoms with Gasteiger partial charge in [0.2, 0.25) is 0 Å². The number of rotatable bonds is 3. The van der Waals surface area contributed by atoms with E-state index in [0.29, 0.717) is 17.4 Å². The Morgan fingerprint density at radius 2 is 2.28 bits per heavy atom. The molecule has 0 aliphatic carbocycles. The first-order valence-electron chi connectivity index (χ1n) is 5.85. The minimum atomic E-state index is -3.45. The molecule has 1 aromatic rings. The van der Waals surface area contributed by atoms with E-state index in [-0.39, 0.29) is 10.1 Å². The summed E-state index contributed by atoms with van der Waals surface area (Å²) in [5.41, 5.74) is 0.